The molecule has 0 amide bonds. The summed E-state index contributed by atoms with van der Waals surface area (Å²) in [6.07, 6.45) is 0. The van der Waals surface area contributed by atoms with E-state index in [1.165, 1.54) is 4.88 Å². The van der Waals surface area contributed by atoms with Crippen molar-refractivity contribution in [3.8, 4) is 5.75 Å². The van der Waals surface area contributed by atoms with Crippen molar-refractivity contribution < 1.29 is 4.74 Å². The van der Waals surface area contributed by atoms with E-state index in [1.807, 2.05) is 31.2 Å². The molecule has 20 heavy (non-hydrogen) atoms. The molecule has 3 aromatic rings. The van der Waals surface area contributed by atoms with Crippen LogP contribution in [0.4, 0.5) is 11.5 Å². The summed E-state index contributed by atoms with van der Waals surface area (Å²) < 4.78 is 5.14. The highest BCUT2D eigenvalue weighted by molar-refractivity contribution is 7.18. The van der Waals surface area contributed by atoms with E-state index in [0.717, 1.165) is 27.5 Å². The topological polar surface area (TPSA) is 47.0 Å². The van der Waals surface area contributed by atoms with Gasteiger partial charge in [-0.15, -0.1) is 11.3 Å². The monoisotopic (exact) mass is 305 g/mol. The molecule has 102 valence electrons. The van der Waals surface area contributed by atoms with Crippen LogP contribution >= 0.6 is 22.9 Å². The predicted octanol–water partition coefficient (Wildman–Crippen LogP) is 4.41. The fourth-order valence-electron chi connectivity index (χ4n) is 1.92. The molecular weight excluding hydrogens is 294 g/mol. The van der Waals surface area contributed by atoms with Gasteiger partial charge in [0.15, 0.2) is 0 Å². The molecule has 0 atom stereocenters. The number of nitrogens with zero attached hydrogens (tertiary/aromatic N) is 2. The van der Waals surface area contributed by atoms with Gasteiger partial charge in [0.25, 0.3) is 0 Å². The van der Waals surface area contributed by atoms with Crippen LogP contribution in [0.25, 0.3) is 10.2 Å². The minimum Gasteiger partial charge on any atom is -0.497 e. The molecule has 0 radical (unpaired) electrons. The predicted molar refractivity (Wildman–Crippen MR) is 83.4 cm³/mol. The molecule has 0 unspecified atom stereocenters. The molecule has 2 aromatic heterocycles. The van der Waals surface area contributed by atoms with E-state index in [2.05, 4.69) is 21.4 Å². The lowest BCUT2D eigenvalue weighted by atomic mass is 10.3. The van der Waals surface area contributed by atoms with Gasteiger partial charge in [-0.05, 0) is 48.9 Å². The second kappa shape index (κ2) is 5.26. The van der Waals surface area contributed by atoms with Crippen LogP contribution in [0.2, 0.25) is 5.28 Å². The second-order valence-corrected chi connectivity index (χ2v) is 5.84. The Kier molecular flexibility index (Phi) is 3.46. The lowest BCUT2D eigenvalue weighted by Crippen LogP contribution is -1.96. The highest BCUT2D eigenvalue weighted by Gasteiger charge is 2.10. The zero-order valence-corrected chi connectivity index (χ0v) is 12.5. The largest absolute Gasteiger partial charge is 0.497 e. The average molecular weight is 306 g/mol. The Labute approximate surface area is 125 Å². The minimum absolute atomic E-state index is 0.246. The summed E-state index contributed by atoms with van der Waals surface area (Å²) in [6.45, 7) is 2.04. The summed E-state index contributed by atoms with van der Waals surface area (Å²) in [7, 11) is 1.64. The van der Waals surface area contributed by atoms with Gasteiger partial charge in [0, 0.05) is 10.6 Å². The Balaban J connectivity index is 2.00. The number of methoxy groups -OCH3 is 1. The van der Waals surface area contributed by atoms with Gasteiger partial charge in [0.2, 0.25) is 5.28 Å². The first kappa shape index (κ1) is 13.1. The smallest absolute Gasteiger partial charge is 0.225 e. The molecule has 6 heteroatoms. The van der Waals surface area contributed by atoms with Crippen LogP contribution in [0.3, 0.4) is 0 Å². The normalized spacial score (nSPS) is 10.8. The highest BCUT2D eigenvalue weighted by atomic mass is 35.5. The van der Waals surface area contributed by atoms with Crippen molar-refractivity contribution in [2.24, 2.45) is 0 Å². The van der Waals surface area contributed by atoms with Gasteiger partial charge in [0.1, 0.15) is 16.4 Å². The second-order valence-electron chi connectivity index (χ2n) is 4.27. The maximum absolute atomic E-state index is 5.97. The average Bonchev–Trinajstić information content (AvgIpc) is 2.80. The van der Waals surface area contributed by atoms with Crippen LogP contribution < -0.4 is 10.1 Å². The number of halogens is 1. The summed E-state index contributed by atoms with van der Waals surface area (Å²) in [6, 6.07) is 9.70. The number of benzene rings is 1. The van der Waals surface area contributed by atoms with Crippen LogP contribution in [0.1, 0.15) is 4.88 Å². The molecule has 0 aliphatic carbocycles. The van der Waals surface area contributed by atoms with Gasteiger partial charge in [-0.25, -0.2) is 4.98 Å². The molecule has 0 aliphatic heterocycles. The molecule has 4 nitrogen and oxygen atoms in total. The van der Waals surface area contributed by atoms with E-state index < -0.39 is 0 Å². The lowest BCUT2D eigenvalue weighted by molar-refractivity contribution is 0.415. The van der Waals surface area contributed by atoms with Gasteiger partial charge in [-0.1, -0.05) is 0 Å². The molecule has 0 saturated carbocycles. The molecule has 0 aliphatic rings. The van der Waals surface area contributed by atoms with Crippen LogP contribution in [-0.2, 0) is 0 Å². The number of hydrogen-bond acceptors (Lipinski definition) is 5. The Morgan fingerprint density at radius 3 is 2.65 bits per heavy atom. The van der Waals surface area contributed by atoms with Crippen LogP contribution in [0.15, 0.2) is 30.3 Å². The van der Waals surface area contributed by atoms with Gasteiger partial charge in [-0.3, -0.25) is 0 Å². The Morgan fingerprint density at radius 1 is 1.20 bits per heavy atom. The highest BCUT2D eigenvalue weighted by Crippen LogP contribution is 2.31. The van der Waals surface area contributed by atoms with Crippen molar-refractivity contribution in [2.45, 2.75) is 6.92 Å². The number of aryl methyl sites for hydroxylation is 1. The maximum Gasteiger partial charge on any atom is 0.225 e. The third-order valence-electron chi connectivity index (χ3n) is 2.84. The van der Waals surface area contributed by atoms with E-state index in [0.29, 0.717) is 0 Å². The summed E-state index contributed by atoms with van der Waals surface area (Å²) in [5, 5.41) is 4.49. The third-order valence-corrected chi connectivity index (χ3v) is 3.95. The van der Waals surface area contributed by atoms with Crippen molar-refractivity contribution in [1.29, 1.82) is 0 Å². The van der Waals surface area contributed by atoms with Crippen molar-refractivity contribution in [3.05, 3.63) is 40.5 Å². The molecule has 1 aromatic carbocycles. The van der Waals surface area contributed by atoms with Crippen LogP contribution in [0.5, 0.6) is 5.75 Å². The van der Waals surface area contributed by atoms with Crippen molar-refractivity contribution >= 4 is 44.7 Å². The number of hydrogen-bond donors (Lipinski definition) is 1. The number of thiophene rings is 1. The van der Waals surface area contributed by atoms with Gasteiger partial charge in [-0.2, -0.15) is 4.98 Å². The summed E-state index contributed by atoms with van der Waals surface area (Å²) >= 11 is 7.57. The SMILES string of the molecule is COc1ccc(Nc2nc(Cl)nc3sc(C)cc23)cc1. The third kappa shape index (κ3) is 2.55. The zero-order valence-electron chi connectivity index (χ0n) is 11.0. The van der Waals surface area contributed by atoms with Crippen molar-refractivity contribution in [1.82, 2.24) is 9.97 Å². The number of ether oxygens (including phenoxy) is 1. The lowest BCUT2D eigenvalue weighted by Gasteiger charge is -2.07. The number of nitrogens with one attached hydrogen (secondary N) is 1. The maximum atomic E-state index is 5.97. The van der Waals surface area contributed by atoms with Gasteiger partial charge < -0.3 is 10.1 Å². The quantitative estimate of drug-likeness (QED) is 0.728. The first-order valence-electron chi connectivity index (χ1n) is 6.00. The summed E-state index contributed by atoms with van der Waals surface area (Å²) in [4.78, 5) is 10.6. The molecule has 0 bridgehead atoms. The molecule has 2 heterocycles. The number of fused-ring (bicyclic) bond motifs is 1. The molecule has 0 fully saturated rings. The standard InChI is InChI=1S/C14H12ClN3OS/c1-8-7-11-12(17-14(15)18-13(11)20-8)16-9-3-5-10(19-2)6-4-9/h3-7H,1-2H3,(H,16,17,18). The molecule has 1 N–H and O–H groups in total. The fourth-order valence-corrected chi connectivity index (χ4v) is 3.02. The fraction of sp³-hybridized carbons (Fsp3) is 0.143. The summed E-state index contributed by atoms with van der Waals surface area (Å²) in [5.74, 6) is 1.53. The number of rotatable bonds is 3. The summed E-state index contributed by atoms with van der Waals surface area (Å²) in [5.41, 5.74) is 0.922. The van der Waals surface area contributed by atoms with E-state index in [-0.39, 0.29) is 5.28 Å². The molecule has 3 rings (SSSR count). The molecular formula is C14H12ClN3OS. The van der Waals surface area contributed by atoms with E-state index >= 15 is 0 Å². The van der Waals surface area contributed by atoms with Crippen LogP contribution in [0, 0.1) is 6.92 Å². The minimum atomic E-state index is 0.246. The van der Waals surface area contributed by atoms with E-state index in [4.69, 9.17) is 16.3 Å². The first-order valence-corrected chi connectivity index (χ1v) is 7.20. The molecule has 0 spiro atoms. The van der Waals surface area contributed by atoms with E-state index in [9.17, 15) is 0 Å². The molecule has 0 saturated heterocycles. The van der Waals surface area contributed by atoms with Crippen molar-refractivity contribution in [2.75, 3.05) is 12.4 Å². The number of anilines is 2. The Morgan fingerprint density at radius 2 is 1.95 bits per heavy atom. The van der Waals surface area contributed by atoms with Crippen LogP contribution in [-0.4, -0.2) is 17.1 Å². The van der Waals surface area contributed by atoms with Gasteiger partial charge in [0.05, 0.1) is 12.5 Å². The van der Waals surface area contributed by atoms with E-state index in [1.54, 1.807) is 18.4 Å². The number of aromatic nitrogens is 2. The van der Waals surface area contributed by atoms with Crippen molar-refractivity contribution in [3.63, 3.8) is 0 Å². The Hall–Kier alpha value is -1.85. The van der Waals surface area contributed by atoms with Gasteiger partial charge >= 0.3 is 0 Å². The zero-order chi connectivity index (χ0) is 14.1. The Bertz CT molecular complexity index is 755. The first-order chi connectivity index (χ1) is 9.65.